The molecule has 0 bridgehead atoms. The van der Waals surface area contributed by atoms with Gasteiger partial charge in [0.05, 0.1) is 19.3 Å². The standard InChI is InChI=1S/C13H22N4O3S2/c18-22(19)15-12(13-14-3-11-21-13)2-6-17(22)5-1-4-16-7-9-20-10-8-16/h3,11-12,15H,1-2,4-10H2/t12-/m0/s1. The lowest BCUT2D eigenvalue weighted by atomic mass is 10.2. The first-order valence-electron chi connectivity index (χ1n) is 7.62. The Labute approximate surface area is 135 Å². The third-order valence-electron chi connectivity index (χ3n) is 4.03. The summed E-state index contributed by atoms with van der Waals surface area (Å²) >= 11 is 1.49. The van der Waals surface area contributed by atoms with Crippen LogP contribution in [0.4, 0.5) is 0 Å². The summed E-state index contributed by atoms with van der Waals surface area (Å²) in [4.78, 5) is 6.53. The number of hydrogen-bond donors (Lipinski definition) is 1. The van der Waals surface area contributed by atoms with Gasteiger partial charge in [0.15, 0.2) is 0 Å². The SMILES string of the molecule is O=S1(=O)N[C@H](c2nccs2)CCN1CCCN1CCOCC1. The lowest BCUT2D eigenvalue weighted by molar-refractivity contribution is 0.0368. The Morgan fingerprint density at radius 1 is 1.32 bits per heavy atom. The quantitative estimate of drug-likeness (QED) is 0.838. The number of nitrogens with zero attached hydrogens (tertiary/aromatic N) is 3. The van der Waals surface area contributed by atoms with Crippen LogP contribution in [0.15, 0.2) is 11.6 Å². The molecule has 3 heterocycles. The van der Waals surface area contributed by atoms with Gasteiger partial charge in [-0.3, -0.25) is 4.90 Å². The minimum atomic E-state index is -3.39. The molecule has 0 unspecified atom stereocenters. The van der Waals surface area contributed by atoms with Crippen LogP contribution >= 0.6 is 11.3 Å². The molecule has 0 aromatic carbocycles. The fourth-order valence-corrected chi connectivity index (χ4v) is 5.07. The number of aromatic nitrogens is 1. The molecule has 9 heteroatoms. The van der Waals surface area contributed by atoms with Crippen molar-refractivity contribution >= 4 is 21.5 Å². The fourth-order valence-electron chi connectivity index (χ4n) is 2.81. The van der Waals surface area contributed by atoms with Crippen molar-refractivity contribution in [1.29, 1.82) is 0 Å². The minimum Gasteiger partial charge on any atom is -0.379 e. The Morgan fingerprint density at radius 2 is 2.14 bits per heavy atom. The Kier molecular flexibility index (Phi) is 5.42. The van der Waals surface area contributed by atoms with E-state index < -0.39 is 10.2 Å². The summed E-state index contributed by atoms with van der Waals surface area (Å²) in [6, 6.07) is -0.180. The normalized spacial score (nSPS) is 27.0. The van der Waals surface area contributed by atoms with Gasteiger partial charge in [-0.2, -0.15) is 17.4 Å². The van der Waals surface area contributed by atoms with Gasteiger partial charge in [0, 0.05) is 37.8 Å². The zero-order valence-corrected chi connectivity index (χ0v) is 14.1. The molecular weight excluding hydrogens is 324 g/mol. The summed E-state index contributed by atoms with van der Waals surface area (Å²) in [5, 5.41) is 2.72. The van der Waals surface area contributed by atoms with Crippen molar-refractivity contribution in [3.8, 4) is 0 Å². The Hall–Kier alpha value is -0.580. The van der Waals surface area contributed by atoms with E-state index in [2.05, 4.69) is 14.6 Å². The maximum atomic E-state index is 12.3. The van der Waals surface area contributed by atoms with Crippen molar-refractivity contribution in [2.75, 3.05) is 45.9 Å². The number of ether oxygens (including phenoxy) is 1. The molecule has 1 aromatic heterocycles. The zero-order valence-electron chi connectivity index (χ0n) is 12.5. The lowest BCUT2D eigenvalue weighted by Crippen LogP contribution is -2.49. The van der Waals surface area contributed by atoms with Gasteiger partial charge in [-0.1, -0.05) is 0 Å². The van der Waals surface area contributed by atoms with Crippen molar-refractivity contribution < 1.29 is 13.2 Å². The average Bonchev–Trinajstić information content (AvgIpc) is 3.04. The number of thiazole rings is 1. The number of rotatable bonds is 5. The molecule has 0 amide bonds. The third-order valence-corrected chi connectivity index (χ3v) is 6.55. The van der Waals surface area contributed by atoms with Gasteiger partial charge in [-0.05, 0) is 19.4 Å². The third kappa shape index (κ3) is 4.03. The van der Waals surface area contributed by atoms with E-state index in [1.807, 2.05) is 5.38 Å². The van der Waals surface area contributed by atoms with Crippen LogP contribution in [0.5, 0.6) is 0 Å². The fraction of sp³-hybridized carbons (Fsp3) is 0.769. The van der Waals surface area contributed by atoms with Crippen LogP contribution in [0.1, 0.15) is 23.9 Å². The highest BCUT2D eigenvalue weighted by Gasteiger charge is 2.32. The predicted molar refractivity (Wildman–Crippen MR) is 85.0 cm³/mol. The number of morpholine rings is 1. The van der Waals surface area contributed by atoms with E-state index in [0.29, 0.717) is 13.1 Å². The van der Waals surface area contributed by atoms with Gasteiger partial charge in [0.2, 0.25) is 0 Å². The highest BCUT2D eigenvalue weighted by Crippen LogP contribution is 2.25. The van der Waals surface area contributed by atoms with Gasteiger partial charge >= 0.3 is 0 Å². The smallest absolute Gasteiger partial charge is 0.280 e. The maximum absolute atomic E-state index is 12.3. The van der Waals surface area contributed by atoms with Gasteiger partial charge in [-0.15, -0.1) is 11.3 Å². The van der Waals surface area contributed by atoms with E-state index in [1.54, 1.807) is 10.5 Å². The molecule has 1 aromatic rings. The Balaban J connectivity index is 1.48. The van der Waals surface area contributed by atoms with E-state index in [4.69, 9.17) is 4.74 Å². The minimum absolute atomic E-state index is 0.180. The molecule has 22 heavy (non-hydrogen) atoms. The van der Waals surface area contributed by atoms with Crippen molar-refractivity contribution in [3.63, 3.8) is 0 Å². The monoisotopic (exact) mass is 346 g/mol. The molecule has 0 radical (unpaired) electrons. The number of nitrogens with one attached hydrogen (secondary N) is 1. The summed E-state index contributed by atoms with van der Waals surface area (Å²) < 4.78 is 34.3. The molecule has 124 valence electrons. The second kappa shape index (κ2) is 7.33. The summed E-state index contributed by atoms with van der Waals surface area (Å²) in [7, 11) is -3.39. The molecule has 2 aliphatic heterocycles. The molecule has 0 saturated carbocycles. The van der Waals surface area contributed by atoms with Crippen LogP contribution in [0.2, 0.25) is 0 Å². The van der Waals surface area contributed by atoms with Crippen LogP contribution in [0.25, 0.3) is 0 Å². The molecule has 0 aliphatic carbocycles. The van der Waals surface area contributed by atoms with Crippen molar-refractivity contribution in [2.24, 2.45) is 0 Å². The van der Waals surface area contributed by atoms with Gasteiger partial charge < -0.3 is 4.74 Å². The first-order chi connectivity index (χ1) is 10.6. The number of hydrogen-bond acceptors (Lipinski definition) is 6. The molecule has 2 aliphatic rings. The van der Waals surface area contributed by atoms with E-state index in [1.165, 1.54) is 11.3 Å². The van der Waals surface area contributed by atoms with Gasteiger partial charge in [0.25, 0.3) is 10.2 Å². The topological polar surface area (TPSA) is 74.8 Å². The highest BCUT2D eigenvalue weighted by molar-refractivity contribution is 7.87. The first-order valence-corrected chi connectivity index (χ1v) is 9.94. The van der Waals surface area contributed by atoms with Crippen LogP contribution in [0.3, 0.4) is 0 Å². The molecule has 2 saturated heterocycles. The summed E-state index contributed by atoms with van der Waals surface area (Å²) in [5.41, 5.74) is 0. The molecule has 3 rings (SSSR count). The van der Waals surface area contributed by atoms with Crippen molar-refractivity contribution in [3.05, 3.63) is 16.6 Å². The highest BCUT2D eigenvalue weighted by atomic mass is 32.2. The zero-order chi connectivity index (χ0) is 15.4. The summed E-state index contributed by atoms with van der Waals surface area (Å²) in [6.45, 7) is 5.48. The van der Waals surface area contributed by atoms with Gasteiger partial charge in [0.1, 0.15) is 5.01 Å². The summed E-state index contributed by atoms with van der Waals surface area (Å²) in [6.07, 6.45) is 3.33. The predicted octanol–water partition coefficient (Wildman–Crippen LogP) is 0.447. The Morgan fingerprint density at radius 3 is 2.82 bits per heavy atom. The molecular formula is C13H22N4O3S2. The first kappa shape index (κ1) is 16.3. The second-order valence-electron chi connectivity index (χ2n) is 5.54. The summed E-state index contributed by atoms with van der Waals surface area (Å²) in [5.74, 6) is 0. The molecule has 2 fully saturated rings. The lowest BCUT2D eigenvalue weighted by Gasteiger charge is -2.32. The molecule has 1 N–H and O–H groups in total. The Bertz CT molecular complexity index is 558. The van der Waals surface area contributed by atoms with Crippen LogP contribution in [0, 0.1) is 0 Å². The van der Waals surface area contributed by atoms with E-state index in [0.717, 1.165) is 50.7 Å². The second-order valence-corrected chi connectivity index (χ2v) is 8.17. The van der Waals surface area contributed by atoms with Crippen molar-refractivity contribution in [1.82, 2.24) is 18.9 Å². The van der Waals surface area contributed by atoms with Gasteiger partial charge in [-0.25, -0.2) is 4.98 Å². The maximum Gasteiger partial charge on any atom is 0.280 e. The van der Waals surface area contributed by atoms with Crippen molar-refractivity contribution in [2.45, 2.75) is 18.9 Å². The average molecular weight is 346 g/mol. The van der Waals surface area contributed by atoms with Crippen LogP contribution < -0.4 is 4.72 Å². The van der Waals surface area contributed by atoms with E-state index in [-0.39, 0.29) is 6.04 Å². The van der Waals surface area contributed by atoms with Crippen LogP contribution in [-0.2, 0) is 14.9 Å². The van der Waals surface area contributed by atoms with E-state index in [9.17, 15) is 8.42 Å². The molecule has 1 atom stereocenters. The molecule has 7 nitrogen and oxygen atoms in total. The van der Waals surface area contributed by atoms with E-state index >= 15 is 0 Å². The largest absolute Gasteiger partial charge is 0.379 e. The molecule has 0 spiro atoms. The van der Waals surface area contributed by atoms with Crippen LogP contribution in [-0.4, -0.2) is 68.5 Å².